The van der Waals surface area contributed by atoms with E-state index in [1.165, 1.54) is 24.1 Å². The first-order chi connectivity index (χ1) is 17.0. The second-order valence-electron chi connectivity index (χ2n) is 8.70. The Morgan fingerprint density at radius 1 is 0.972 bits per heavy atom. The van der Waals surface area contributed by atoms with Crippen molar-refractivity contribution in [1.29, 1.82) is 0 Å². The molecule has 0 bridgehead atoms. The predicted molar refractivity (Wildman–Crippen MR) is 128 cm³/mol. The molecule has 0 aliphatic carbocycles. The van der Waals surface area contributed by atoms with Gasteiger partial charge in [0.2, 0.25) is 0 Å². The van der Waals surface area contributed by atoms with Crippen molar-refractivity contribution in [3.05, 3.63) is 106 Å². The van der Waals surface area contributed by atoms with Gasteiger partial charge in [0.15, 0.2) is 0 Å². The Hall–Kier alpha value is -4.07. The van der Waals surface area contributed by atoms with Crippen LogP contribution >= 0.6 is 0 Å². The highest BCUT2D eigenvalue weighted by molar-refractivity contribution is 6.46. The van der Waals surface area contributed by atoms with Crippen LogP contribution in [-0.4, -0.2) is 28.8 Å². The highest BCUT2D eigenvalue weighted by atomic mass is 19.4. The van der Waals surface area contributed by atoms with Gasteiger partial charge in [-0.25, -0.2) is 0 Å². The summed E-state index contributed by atoms with van der Waals surface area (Å²) >= 11 is 0. The predicted octanol–water partition coefficient (Wildman–Crippen LogP) is 5.95. The number of aliphatic hydroxyl groups excluding tert-OH is 1. The van der Waals surface area contributed by atoms with E-state index in [2.05, 4.69) is 0 Å². The molecule has 1 atom stereocenters. The number of nitrogens with zero attached hydrogens (tertiary/aromatic N) is 1. The summed E-state index contributed by atoms with van der Waals surface area (Å²) in [6.45, 7) is 3.50. The van der Waals surface area contributed by atoms with Crippen molar-refractivity contribution in [2.75, 3.05) is 7.11 Å². The van der Waals surface area contributed by atoms with E-state index in [0.29, 0.717) is 16.9 Å². The van der Waals surface area contributed by atoms with Crippen LogP contribution in [0.25, 0.3) is 5.76 Å². The second-order valence-corrected chi connectivity index (χ2v) is 8.70. The zero-order chi connectivity index (χ0) is 26.2. The average molecular weight is 495 g/mol. The maximum atomic E-state index is 13.3. The fourth-order valence-electron chi connectivity index (χ4n) is 4.29. The van der Waals surface area contributed by atoms with Gasteiger partial charge in [0.05, 0.1) is 24.3 Å². The Balaban J connectivity index is 1.87. The summed E-state index contributed by atoms with van der Waals surface area (Å²) in [5.41, 5.74) is 1.92. The van der Waals surface area contributed by atoms with Crippen molar-refractivity contribution in [3.63, 3.8) is 0 Å². The maximum Gasteiger partial charge on any atom is 0.416 e. The van der Waals surface area contributed by atoms with Gasteiger partial charge in [-0.15, -0.1) is 0 Å². The van der Waals surface area contributed by atoms with Crippen LogP contribution in [0.15, 0.2) is 72.3 Å². The molecule has 1 amide bonds. The van der Waals surface area contributed by atoms with Gasteiger partial charge in [0, 0.05) is 12.1 Å². The lowest BCUT2D eigenvalue weighted by molar-refractivity contribution is -0.140. The lowest BCUT2D eigenvalue weighted by Gasteiger charge is -2.26. The van der Waals surface area contributed by atoms with E-state index >= 15 is 0 Å². The van der Waals surface area contributed by atoms with E-state index in [9.17, 15) is 27.9 Å². The van der Waals surface area contributed by atoms with E-state index in [4.69, 9.17) is 4.74 Å². The first kappa shape index (κ1) is 25.0. The number of rotatable bonds is 5. The summed E-state index contributed by atoms with van der Waals surface area (Å²) in [6, 6.07) is 15.4. The summed E-state index contributed by atoms with van der Waals surface area (Å²) in [7, 11) is 1.47. The third-order valence-electron chi connectivity index (χ3n) is 6.34. The van der Waals surface area contributed by atoms with Crippen LogP contribution in [0.3, 0.4) is 0 Å². The summed E-state index contributed by atoms with van der Waals surface area (Å²) < 4.78 is 45.1. The Kier molecular flexibility index (Phi) is 6.63. The molecule has 1 saturated heterocycles. The van der Waals surface area contributed by atoms with Gasteiger partial charge < -0.3 is 14.7 Å². The number of ketones is 1. The lowest BCUT2D eigenvalue weighted by Crippen LogP contribution is -2.29. The van der Waals surface area contributed by atoms with Crippen molar-refractivity contribution >= 4 is 17.4 Å². The van der Waals surface area contributed by atoms with Crippen LogP contribution in [0.4, 0.5) is 13.2 Å². The Morgan fingerprint density at radius 3 is 2.36 bits per heavy atom. The van der Waals surface area contributed by atoms with E-state index in [0.717, 1.165) is 23.3 Å². The van der Waals surface area contributed by atoms with E-state index < -0.39 is 29.5 Å². The molecule has 0 spiro atoms. The highest BCUT2D eigenvalue weighted by Crippen LogP contribution is 2.41. The number of hydrogen-bond donors (Lipinski definition) is 1. The molecule has 0 aromatic heterocycles. The fraction of sp³-hybridized carbons (Fsp3) is 0.214. The van der Waals surface area contributed by atoms with Crippen molar-refractivity contribution in [2.24, 2.45) is 0 Å². The van der Waals surface area contributed by atoms with Gasteiger partial charge in [0.25, 0.3) is 11.7 Å². The number of carbonyl (C=O) groups excluding carboxylic acids is 2. The lowest BCUT2D eigenvalue weighted by atomic mass is 9.94. The number of methoxy groups -OCH3 is 1. The first-order valence-electron chi connectivity index (χ1n) is 11.2. The Labute approximate surface area is 206 Å². The number of Topliss-reactive ketones (excluding diaryl/α,β-unsaturated/α-hetero) is 1. The minimum atomic E-state index is -4.56. The fourth-order valence-corrected chi connectivity index (χ4v) is 4.29. The molecule has 3 aromatic carbocycles. The molecule has 1 fully saturated rings. The van der Waals surface area contributed by atoms with Crippen LogP contribution in [0.1, 0.15) is 39.4 Å². The first-order valence-corrected chi connectivity index (χ1v) is 11.2. The summed E-state index contributed by atoms with van der Waals surface area (Å²) in [5, 5.41) is 11.2. The molecule has 0 saturated carbocycles. The molecule has 4 rings (SSSR count). The summed E-state index contributed by atoms with van der Waals surface area (Å²) in [5.74, 6) is -1.71. The summed E-state index contributed by atoms with van der Waals surface area (Å²) in [4.78, 5) is 27.6. The van der Waals surface area contributed by atoms with Gasteiger partial charge in [-0.2, -0.15) is 13.2 Å². The smallest absolute Gasteiger partial charge is 0.416 e. The molecule has 3 aromatic rings. The molecule has 1 heterocycles. The average Bonchev–Trinajstić information content (AvgIpc) is 3.10. The monoisotopic (exact) mass is 495 g/mol. The Bertz CT molecular complexity index is 1380. The van der Waals surface area contributed by atoms with Gasteiger partial charge in [-0.1, -0.05) is 36.4 Å². The van der Waals surface area contributed by atoms with Crippen LogP contribution in [0.5, 0.6) is 5.75 Å². The second kappa shape index (κ2) is 9.53. The SMILES string of the molecule is COc1cccc(C2/C(=C(\O)c3ccc(C)c(C)c3)C(=O)C(=O)N2Cc2cccc(C(F)(F)F)c2)c1. The molecule has 1 aliphatic rings. The number of likely N-dealkylation sites (tertiary alicyclic amines) is 1. The number of carbonyl (C=O) groups is 2. The normalized spacial score (nSPS) is 17.5. The van der Waals surface area contributed by atoms with Crippen molar-refractivity contribution in [2.45, 2.75) is 32.6 Å². The molecule has 36 heavy (non-hydrogen) atoms. The van der Waals surface area contributed by atoms with Gasteiger partial charge in [-0.05, 0) is 66.4 Å². The number of hydrogen-bond acceptors (Lipinski definition) is 4. The van der Waals surface area contributed by atoms with Gasteiger partial charge in [-0.3, -0.25) is 9.59 Å². The summed E-state index contributed by atoms with van der Waals surface area (Å²) in [6.07, 6.45) is -4.56. The topological polar surface area (TPSA) is 66.8 Å². The molecular weight excluding hydrogens is 471 g/mol. The van der Waals surface area contributed by atoms with E-state index in [1.54, 1.807) is 42.5 Å². The number of aliphatic hydroxyl groups is 1. The number of aryl methyl sites for hydroxylation is 2. The van der Waals surface area contributed by atoms with Gasteiger partial charge in [0.1, 0.15) is 11.5 Å². The van der Waals surface area contributed by atoms with E-state index in [1.807, 2.05) is 13.8 Å². The molecule has 1 aliphatic heterocycles. The van der Waals surface area contributed by atoms with Crippen LogP contribution < -0.4 is 4.74 Å². The number of amides is 1. The largest absolute Gasteiger partial charge is 0.507 e. The number of halogens is 3. The van der Waals surface area contributed by atoms with Crippen LogP contribution in [0, 0.1) is 13.8 Å². The number of ether oxygens (including phenoxy) is 1. The number of alkyl halides is 3. The third kappa shape index (κ3) is 4.71. The molecular formula is C28H24F3NO4. The molecule has 5 nitrogen and oxygen atoms in total. The quantitative estimate of drug-likeness (QED) is 0.270. The molecule has 1 N–H and O–H groups in total. The standard InChI is InChI=1S/C28H24F3NO4/c1-16-10-11-20(12-17(16)2)25(33)23-24(19-7-5-9-22(14-19)36-3)32(27(35)26(23)34)15-18-6-4-8-21(13-18)28(29,30)31/h4-14,24,33H,15H2,1-3H3/b25-23+. The highest BCUT2D eigenvalue weighted by Gasteiger charge is 2.46. The van der Waals surface area contributed by atoms with Crippen molar-refractivity contribution < 1.29 is 32.6 Å². The maximum absolute atomic E-state index is 13.3. The van der Waals surface area contributed by atoms with Gasteiger partial charge >= 0.3 is 6.18 Å². The zero-order valence-electron chi connectivity index (χ0n) is 19.9. The molecule has 8 heteroatoms. The van der Waals surface area contributed by atoms with Crippen molar-refractivity contribution in [3.8, 4) is 5.75 Å². The Morgan fingerprint density at radius 2 is 1.69 bits per heavy atom. The minimum absolute atomic E-state index is 0.136. The third-order valence-corrected chi connectivity index (χ3v) is 6.34. The molecule has 0 radical (unpaired) electrons. The van der Waals surface area contributed by atoms with Crippen molar-refractivity contribution in [1.82, 2.24) is 4.90 Å². The van der Waals surface area contributed by atoms with E-state index in [-0.39, 0.29) is 23.4 Å². The number of benzene rings is 3. The molecule has 1 unspecified atom stereocenters. The minimum Gasteiger partial charge on any atom is -0.507 e. The van der Waals surface area contributed by atoms with Crippen LogP contribution in [0.2, 0.25) is 0 Å². The van der Waals surface area contributed by atoms with Crippen LogP contribution in [-0.2, 0) is 22.3 Å². The zero-order valence-corrected chi connectivity index (χ0v) is 19.9. The molecule has 186 valence electrons.